The zero-order valence-electron chi connectivity index (χ0n) is 14.6. The van der Waals surface area contributed by atoms with Crippen molar-refractivity contribution in [1.29, 1.82) is 0 Å². The number of piperidine rings is 1. The van der Waals surface area contributed by atoms with E-state index in [9.17, 15) is 4.79 Å². The summed E-state index contributed by atoms with van der Waals surface area (Å²) in [6.45, 7) is 7.22. The molecule has 1 aliphatic heterocycles. The fourth-order valence-electron chi connectivity index (χ4n) is 2.79. The van der Waals surface area contributed by atoms with Crippen LogP contribution in [0.2, 0.25) is 0 Å². The molecule has 0 bridgehead atoms. The molecule has 1 aliphatic rings. The Kier molecular flexibility index (Phi) is 5.92. The minimum atomic E-state index is -0.500. The van der Waals surface area contributed by atoms with Crippen molar-refractivity contribution in [1.82, 2.24) is 15.2 Å². The number of pyridine rings is 1. The lowest BCUT2D eigenvalue weighted by Crippen LogP contribution is -2.53. The van der Waals surface area contributed by atoms with Crippen molar-refractivity contribution in [2.45, 2.75) is 44.9 Å². The van der Waals surface area contributed by atoms with Crippen molar-refractivity contribution >= 4 is 33.4 Å². The van der Waals surface area contributed by atoms with Gasteiger partial charge in [-0.3, -0.25) is 0 Å². The van der Waals surface area contributed by atoms with Crippen LogP contribution in [0, 0.1) is 0 Å². The van der Waals surface area contributed by atoms with Crippen LogP contribution < -0.4 is 16.4 Å². The number of hydrogen-bond donors (Lipinski definition) is 3. The molecule has 0 aromatic carbocycles. The molecule has 8 heteroatoms. The number of halogens is 1. The van der Waals surface area contributed by atoms with Crippen LogP contribution in [0.3, 0.4) is 0 Å². The molecule has 4 N–H and O–H groups in total. The monoisotopic (exact) mass is 399 g/mol. The number of alkyl carbamates (subject to hydrolysis) is 1. The van der Waals surface area contributed by atoms with Crippen molar-refractivity contribution in [3.05, 3.63) is 16.9 Å². The lowest BCUT2D eigenvalue weighted by atomic mass is 10.0. The van der Waals surface area contributed by atoms with Crippen LogP contribution in [0.15, 0.2) is 16.9 Å². The van der Waals surface area contributed by atoms with E-state index in [1.165, 1.54) is 0 Å². The van der Waals surface area contributed by atoms with Gasteiger partial charge in [-0.05, 0) is 56.2 Å². The number of anilines is 2. The second kappa shape index (κ2) is 7.57. The van der Waals surface area contributed by atoms with E-state index >= 15 is 0 Å². The first kappa shape index (κ1) is 18.8. The van der Waals surface area contributed by atoms with Crippen LogP contribution in [0.25, 0.3) is 0 Å². The average molecular weight is 400 g/mol. The molecule has 2 heterocycles. The zero-order chi connectivity index (χ0) is 17.9. The van der Waals surface area contributed by atoms with Crippen LogP contribution in [-0.4, -0.2) is 53.8 Å². The molecule has 0 spiro atoms. The van der Waals surface area contributed by atoms with Gasteiger partial charge in [-0.1, -0.05) is 0 Å². The van der Waals surface area contributed by atoms with E-state index in [-0.39, 0.29) is 18.2 Å². The van der Waals surface area contributed by atoms with E-state index in [2.05, 4.69) is 36.4 Å². The van der Waals surface area contributed by atoms with Gasteiger partial charge in [0, 0.05) is 25.2 Å². The first-order valence-electron chi connectivity index (χ1n) is 7.98. The maximum atomic E-state index is 12.0. The first-order valence-corrected chi connectivity index (χ1v) is 8.77. The third-order valence-corrected chi connectivity index (χ3v) is 4.05. The molecular formula is C16H26BrN5O2. The molecule has 2 rings (SSSR count). The van der Waals surface area contributed by atoms with Gasteiger partial charge in [0.05, 0.1) is 17.6 Å². The van der Waals surface area contributed by atoms with Crippen LogP contribution >= 0.6 is 15.9 Å². The predicted molar refractivity (Wildman–Crippen MR) is 99.0 cm³/mol. The normalized spacial score (nSPS) is 22.0. The number of likely N-dealkylation sites (N-methyl/N-ethyl adjacent to an activating group) is 1. The molecule has 1 saturated heterocycles. The molecule has 2 atom stereocenters. The maximum absolute atomic E-state index is 12.0. The van der Waals surface area contributed by atoms with Crippen molar-refractivity contribution < 1.29 is 9.53 Å². The standard InChI is InChI=1S/C16H26BrN5O2/c1-16(2,3)24-15(23)21-11-5-10(8-22(4)9-11)20-13-6-14(17)19-7-12(13)18/h6-7,10-11H,5,8-9,18H2,1-4H3,(H,19,20)(H,21,23). The number of aromatic nitrogens is 1. The molecular weight excluding hydrogens is 374 g/mol. The number of nitrogens with two attached hydrogens (primary N) is 1. The summed E-state index contributed by atoms with van der Waals surface area (Å²) in [6, 6.07) is 2.04. The van der Waals surface area contributed by atoms with Crippen LogP contribution in [0.4, 0.5) is 16.2 Å². The maximum Gasteiger partial charge on any atom is 0.407 e. The SMILES string of the molecule is CN1CC(NC(=O)OC(C)(C)C)CC(Nc2cc(Br)ncc2N)C1. The number of nitrogen functional groups attached to an aromatic ring is 1. The summed E-state index contributed by atoms with van der Waals surface area (Å²) < 4.78 is 6.07. The van der Waals surface area contributed by atoms with Gasteiger partial charge in [0.25, 0.3) is 0 Å². The third-order valence-electron chi connectivity index (χ3n) is 3.62. The zero-order valence-corrected chi connectivity index (χ0v) is 16.2. The average Bonchev–Trinajstić information content (AvgIpc) is 2.40. The fraction of sp³-hybridized carbons (Fsp3) is 0.625. The quantitative estimate of drug-likeness (QED) is 0.675. The van der Waals surface area contributed by atoms with Crippen molar-refractivity contribution in [2.75, 3.05) is 31.2 Å². The van der Waals surface area contributed by atoms with E-state index in [0.717, 1.165) is 29.8 Å². The topological polar surface area (TPSA) is 92.5 Å². The Labute approximate surface area is 151 Å². The van der Waals surface area contributed by atoms with Crippen molar-refractivity contribution in [3.8, 4) is 0 Å². The van der Waals surface area contributed by atoms with Gasteiger partial charge in [0.1, 0.15) is 10.2 Å². The number of likely N-dealkylation sites (tertiary alicyclic amines) is 1. The van der Waals surface area contributed by atoms with Gasteiger partial charge >= 0.3 is 6.09 Å². The minimum Gasteiger partial charge on any atom is -0.444 e. The number of amides is 1. The summed E-state index contributed by atoms with van der Waals surface area (Å²) in [7, 11) is 2.03. The predicted octanol–water partition coefficient (Wildman–Crippen LogP) is 2.44. The van der Waals surface area contributed by atoms with Crippen molar-refractivity contribution in [3.63, 3.8) is 0 Å². The number of nitrogens with zero attached hydrogens (tertiary/aromatic N) is 2. The molecule has 24 heavy (non-hydrogen) atoms. The molecule has 1 aromatic heterocycles. The fourth-order valence-corrected chi connectivity index (χ4v) is 3.12. The molecule has 0 aliphatic carbocycles. The second-order valence-electron chi connectivity index (χ2n) is 7.24. The molecule has 1 fully saturated rings. The van der Waals surface area contributed by atoms with Gasteiger partial charge in [-0.15, -0.1) is 0 Å². The summed E-state index contributed by atoms with van der Waals surface area (Å²) in [4.78, 5) is 18.3. The van der Waals surface area contributed by atoms with Gasteiger partial charge < -0.3 is 26.0 Å². The summed E-state index contributed by atoms with van der Waals surface area (Å²) in [5, 5.41) is 6.39. The van der Waals surface area contributed by atoms with Gasteiger partial charge in [0.15, 0.2) is 0 Å². The summed E-state index contributed by atoms with van der Waals surface area (Å²) in [6.07, 6.45) is 2.03. The van der Waals surface area contributed by atoms with E-state index < -0.39 is 5.60 Å². The highest BCUT2D eigenvalue weighted by Gasteiger charge is 2.28. The molecule has 0 radical (unpaired) electrons. The van der Waals surface area contributed by atoms with E-state index in [0.29, 0.717) is 5.69 Å². The van der Waals surface area contributed by atoms with Crippen molar-refractivity contribution in [2.24, 2.45) is 0 Å². The third kappa shape index (κ3) is 5.83. The second-order valence-corrected chi connectivity index (χ2v) is 8.05. The summed E-state index contributed by atoms with van der Waals surface area (Å²) >= 11 is 3.35. The Bertz CT molecular complexity index is 590. The largest absolute Gasteiger partial charge is 0.444 e. The summed E-state index contributed by atoms with van der Waals surface area (Å²) in [5.41, 5.74) is 6.92. The van der Waals surface area contributed by atoms with Gasteiger partial charge in [0.2, 0.25) is 0 Å². The number of hydrogen-bond acceptors (Lipinski definition) is 6. The van der Waals surface area contributed by atoms with E-state index in [4.69, 9.17) is 10.5 Å². The molecule has 134 valence electrons. The lowest BCUT2D eigenvalue weighted by Gasteiger charge is -2.37. The minimum absolute atomic E-state index is 0.0163. The smallest absolute Gasteiger partial charge is 0.407 e. The molecule has 2 unspecified atom stereocenters. The van der Waals surface area contributed by atoms with Crippen LogP contribution in [-0.2, 0) is 4.74 Å². The van der Waals surface area contributed by atoms with E-state index in [1.807, 2.05) is 33.9 Å². The highest BCUT2D eigenvalue weighted by Crippen LogP contribution is 2.24. The number of ether oxygens (including phenoxy) is 1. The molecule has 1 amide bonds. The van der Waals surface area contributed by atoms with Gasteiger partial charge in [-0.25, -0.2) is 9.78 Å². The lowest BCUT2D eigenvalue weighted by molar-refractivity contribution is 0.0476. The number of carbonyl (C=O) groups is 1. The molecule has 0 saturated carbocycles. The molecule has 7 nitrogen and oxygen atoms in total. The van der Waals surface area contributed by atoms with Crippen LogP contribution in [0.1, 0.15) is 27.2 Å². The Hall–Kier alpha value is -1.54. The van der Waals surface area contributed by atoms with Crippen LogP contribution in [0.5, 0.6) is 0 Å². The Morgan fingerprint density at radius 3 is 2.75 bits per heavy atom. The number of carbonyl (C=O) groups excluding carboxylic acids is 1. The van der Waals surface area contributed by atoms with E-state index in [1.54, 1.807) is 6.20 Å². The van der Waals surface area contributed by atoms with Gasteiger partial charge in [-0.2, -0.15) is 0 Å². The highest BCUT2D eigenvalue weighted by molar-refractivity contribution is 9.10. The Balaban J connectivity index is 1.97. The summed E-state index contributed by atoms with van der Waals surface area (Å²) in [5.74, 6) is 0. The highest BCUT2D eigenvalue weighted by atomic mass is 79.9. The Morgan fingerprint density at radius 2 is 2.08 bits per heavy atom. The Morgan fingerprint density at radius 1 is 1.42 bits per heavy atom. The number of rotatable bonds is 3. The molecule has 1 aromatic rings. The number of nitrogens with one attached hydrogen (secondary N) is 2. The first-order chi connectivity index (χ1) is 11.1.